The van der Waals surface area contributed by atoms with E-state index in [-0.39, 0.29) is 24.5 Å². The Labute approximate surface area is 175 Å². The van der Waals surface area contributed by atoms with Crippen molar-refractivity contribution in [3.05, 3.63) is 45.1 Å². The molecule has 156 valence electrons. The van der Waals surface area contributed by atoms with Crippen LogP contribution in [-0.4, -0.2) is 31.7 Å². The highest BCUT2D eigenvalue weighted by atomic mass is 32.1. The third-order valence-electron chi connectivity index (χ3n) is 4.71. The molecular weight excluding hydrogens is 390 g/mol. The molecule has 1 atom stereocenters. The topological polar surface area (TPSA) is 73.9 Å². The number of esters is 1. The van der Waals surface area contributed by atoms with Crippen LogP contribution in [0.5, 0.6) is 11.5 Å². The van der Waals surface area contributed by atoms with Gasteiger partial charge in [-0.1, -0.05) is 19.9 Å². The molecule has 2 aromatic rings. The third kappa shape index (κ3) is 5.29. The average molecular weight is 418 g/mol. The molecule has 0 bridgehead atoms. The van der Waals surface area contributed by atoms with E-state index in [0.29, 0.717) is 24.5 Å². The van der Waals surface area contributed by atoms with Crippen LogP contribution in [0, 0.1) is 19.8 Å². The molecule has 0 spiro atoms. The second-order valence-corrected chi connectivity index (χ2v) is 8.91. The Morgan fingerprint density at radius 2 is 1.86 bits per heavy atom. The molecule has 0 fully saturated rings. The van der Waals surface area contributed by atoms with Crippen molar-refractivity contribution in [3.8, 4) is 11.5 Å². The number of aryl methyl sites for hydroxylation is 2. The lowest BCUT2D eigenvalue weighted by atomic mass is 9.95. The number of ether oxygens (including phenoxy) is 3. The maximum atomic E-state index is 12.5. The highest BCUT2D eigenvalue weighted by Crippen LogP contribution is 2.34. The van der Waals surface area contributed by atoms with Crippen molar-refractivity contribution in [1.29, 1.82) is 0 Å². The van der Waals surface area contributed by atoms with Gasteiger partial charge in [0.2, 0.25) is 0 Å². The fraction of sp³-hybridized carbons (Fsp3) is 0.455. The summed E-state index contributed by atoms with van der Waals surface area (Å²) >= 11 is 1.53. The zero-order valence-corrected chi connectivity index (χ0v) is 18.1. The summed E-state index contributed by atoms with van der Waals surface area (Å²) in [5, 5.41) is 2.97. The Balaban J connectivity index is 1.64. The predicted molar refractivity (Wildman–Crippen MR) is 112 cm³/mol. The van der Waals surface area contributed by atoms with Crippen molar-refractivity contribution >= 4 is 23.2 Å². The van der Waals surface area contributed by atoms with E-state index in [1.54, 1.807) is 6.07 Å². The highest BCUT2D eigenvalue weighted by Gasteiger charge is 2.22. The summed E-state index contributed by atoms with van der Waals surface area (Å²) in [5.41, 5.74) is 1.44. The van der Waals surface area contributed by atoms with Crippen molar-refractivity contribution in [2.24, 2.45) is 5.92 Å². The van der Waals surface area contributed by atoms with E-state index < -0.39 is 5.97 Å². The van der Waals surface area contributed by atoms with Gasteiger partial charge in [0.1, 0.15) is 0 Å². The van der Waals surface area contributed by atoms with Gasteiger partial charge in [-0.2, -0.15) is 0 Å². The van der Waals surface area contributed by atoms with Gasteiger partial charge in [-0.15, -0.1) is 11.3 Å². The van der Waals surface area contributed by atoms with Crippen molar-refractivity contribution < 1.29 is 23.8 Å². The van der Waals surface area contributed by atoms with E-state index in [1.807, 2.05) is 45.9 Å². The summed E-state index contributed by atoms with van der Waals surface area (Å²) in [6, 6.07) is 7.27. The Bertz CT molecular complexity index is 889. The van der Waals surface area contributed by atoms with Crippen LogP contribution in [-0.2, 0) is 9.53 Å². The molecule has 1 aliphatic rings. The zero-order chi connectivity index (χ0) is 21.0. The zero-order valence-electron chi connectivity index (χ0n) is 17.2. The van der Waals surface area contributed by atoms with E-state index in [4.69, 9.17) is 14.2 Å². The Kier molecular flexibility index (Phi) is 6.79. The lowest BCUT2D eigenvalue weighted by molar-refractivity contribution is -0.125. The molecular formula is C22H27NO5S. The number of carbonyl (C=O) groups is 2. The number of rotatable bonds is 6. The fourth-order valence-corrected chi connectivity index (χ4v) is 4.18. The van der Waals surface area contributed by atoms with Crippen molar-refractivity contribution in [3.63, 3.8) is 0 Å². The Morgan fingerprint density at radius 3 is 2.52 bits per heavy atom. The van der Waals surface area contributed by atoms with Crippen LogP contribution < -0.4 is 14.8 Å². The molecule has 0 radical (unpaired) electrons. The van der Waals surface area contributed by atoms with E-state index in [1.165, 1.54) is 11.3 Å². The molecule has 1 N–H and O–H groups in total. The first-order chi connectivity index (χ1) is 13.8. The number of nitrogens with one attached hydrogen (secondary N) is 1. The van der Waals surface area contributed by atoms with Crippen LogP contribution >= 0.6 is 11.3 Å². The number of benzene rings is 1. The fourth-order valence-electron chi connectivity index (χ4n) is 3.27. The first kappa shape index (κ1) is 21.2. The minimum atomic E-state index is -0.473. The first-order valence-electron chi connectivity index (χ1n) is 9.78. The second-order valence-electron chi connectivity index (χ2n) is 7.45. The molecule has 6 nitrogen and oxygen atoms in total. The van der Waals surface area contributed by atoms with Crippen molar-refractivity contribution in [2.75, 3.05) is 19.8 Å². The molecule has 0 saturated carbocycles. The highest BCUT2D eigenvalue weighted by molar-refractivity contribution is 7.12. The molecule has 29 heavy (non-hydrogen) atoms. The van der Waals surface area contributed by atoms with E-state index in [2.05, 4.69) is 5.32 Å². The van der Waals surface area contributed by atoms with E-state index in [0.717, 1.165) is 27.5 Å². The smallest absolute Gasteiger partial charge is 0.339 e. The number of hydrogen-bond acceptors (Lipinski definition) is 6. The lowest BCUT2D eigenvalue weighted by Crippen LogP contribution is -2.35. The molecule has 3 rings (SSSR count). The molecule has 1 aromatic carbocycles. The summed E-state index contributed by atoms with van der Waals surface area (Å²) < 4.78 is 16.7. The molecule has 2 heterocycles. The van der Waals surface area contributed by atoms with Gasteiger partial charge in [0.15, 0.2) is 18.1 Å². The van der Waals surface area contributed by atoms with Gasteiger partial charge in [-0.25, -0.2) is 4.79 Å². The van der Waals surface area contributed by atoms with Crippen LogP contribution in [0.4, 0.5) is 0 Å². The molecule has 0 aliphatic carbocycles. The molecule has 0 saturated heterocycles. The van der Waals surface area contributed by atoms with Crippen molar-refractivity contribution in [1.82, 2.24) is 5.32 Å². The van der Waals surface area contributed by atoms with Gasteiger partial charge in [-0.3, -0.25) is 4.79 Å². The minimum absolute atomic E-state index is 0.140. The maximum Gasteiger partial charge on any atom is 0.339 e. The third-order valence-corrected chi connectivity index (χ3v) is 5.68. The van der Waals surface area contributed by atoms with E-state index >= 15 is 0 Å². The van der Waals surface area contributed by atoms with Gasteiger partial charge >= 0.3 is 5.97 Å². The average Bonchev–Trinajstić information content (AvgIpc) is 2.88. The van der Waals surface area contributed by atoms with E-state index in [9.17, 15) is 9.59 Å². The van der Waals surface area contributed by atoms with Gasteiger partial charge in [0, 0.05) is 16.2 Å². The molecule has 1 amide bonds. The second kappa shape index (κ2) is 9.31. The van der Waals surface area contributed by atoms with Gasteiger partial charge in [-0.05, 0) is 43.5 Å². The number of thiophene rings is 1. The number of fused-ring (bicyclic) bond motifs is 1. The SMILES string of the molecule is Cc1cc(C(=O)OCC(=O)N[C@H](c2ccc3c(c2)OCCCO3)C(C)C)c(C)s1. The summed E-state index contributed by atoms with van der Waals surface area (Å²) in [7, 11) is 0. The van der Waals surface area contributed by atoms with Crippen LogP contribution in [0.1, 0.15) is 52.0 Å². The molecule has 1 aromatic heterocycles. The quantitative estimate of drug-likeness (QED) is 0.713. The first-order valence-corrected chi connectivity index (χ1v) is 10.6. The standard InChI is InChI=1S/C22H27NO5S/c1-13(2)21(16-6-7-18-19(11-16)27-9-5-8-26-18)23-20(24)12-28-22(25)17-10-14(3)29-15(17)4/h6-7,10-11,13,21H,5,8-9,12H2,1-4H3,(H,23,24)/t21-/m0/s1. The maximum absolute atomic E-state index is 12.5. The Morgan fingerprint density at radius 1 is 1.14 bits per heavy atom. The summed E-state index contributed by atoms with van der Waals surface area (Å²) in [5.74, 6) is 0.735. The summed E-state index contributed by atoms with van der Waals surface area (Å²) in [6.07, 6.45) is 0.836. The van der Waals surface area contributed by atoms with Crippen LogP contribution in [0.2, 0.25) is 0 Å². The predicted octanol–water partition coefficient (Wildman–Crippen LogP) is 4.20. The molecule has 0 unspecified atom stereocenters. The lowest BCUT2D eigenvalue weighted by Gasteiger charge is -2.23. The molecule has 1 aliphatic heterocycles. The van der Waals surface area contributed by atoms with Gasteiger partial charge < -0.3 is 19.5 Å². The minimum Gasteiger partial charge on any atom is -0.490 e. The van der Waals surface area contributed by atoms with Gasteiger partial charge in [0.05, 0.1) is 24.8 Å². The number of amides is 1. The summed E-state index contributed by atoms with van der Waals surface area (Å²) in [4.78, 5) is 26.6. The largest absolute Gasteiger partial charge is 0.490 e. The number of carbonyl (C=O) groups excluding carboxylic acids is 2. The summed E-state index contributed by atoms with van der Waals surface area (Å²) in [6.45, 7) is 8.77. The Hall–Kier alpha value is -2.54. The van der Waals surface area contributed by atoms with Crippen LogP contribution in [0.3, 0.4) is 0 Å². The normalized spacial score (nSPS) is 14.2. The van der Waals surface area contributed by atoms with Gasteiger partial charge in [0.25, 0.3) is 5.91 Å². The van der Waals surface area contributed by atoms with Crippen LogP contribution in [0.15, 0.2) is 24.3 Å². The number of hydrogen-bond donors (Lipinski definition) is 1. The monoisotopic (exact) mass is 417 g/mol. The van der Waals surface area contributed by atoms with Crippen LogP contribution in [0.25, 0.3) is 0 Å². The molecule has 7 heteroatoms. The van der Waals surface area contributed by atoms with Crippen molar-refractivity contribution in [2.45, 2.75) is 40.2 Å².